The second kappa shape index (κ2) is 2.92. The Bertz CT molecular complexity index is 175. The molecule has 0 N–H and O–H groups in total. The zero-order valence-electron chi connectivity index (χ0n) is 5.41. The van der Waals surface area contributed by atoms with Gasteiger partial charge < -0.3 is 0 Å². The molecule has 1 aliphatic carbocycles. The standard InChI is InChI=1S/C8H10S/c1-7-3-2-4-8(9)6-5-7/h2-7,9H,1H3. The molecule has 1 aliphatic rings. The van der Waals surface area contributed by atoms with Crippen LogP contribution in [0.5, 0.6) is 0 Å². The average molecular weight is 138 g/mol. The van der Waals surface area contributed by atoms with Crippen LogP contribution in [0.2, 0.25) is 0 Å². The van der Waals surface area contributed by atoms with E-state index in [1.165, 1.54) is 0 Å². The Balaban J connectivity index is 2.75. The summed E-state index contributed by atoms with van der Waals surface area (Å²) in [7, 11) is 0. The summed E-state index contributed by atoms with van der Waals surface area (Å²) in [5.41, 5.74) is 0. The maximum atomic E-state index is 4.19. The van der Waals surface area contributed by atoms with Crippen LogP contribution in [0.15, 0.2) is 35.3 Å². The van der Waals surface area contributed by atoms with Crippen LogP contribution in [0.4, 0.5) is 0 Å². The van der Waals surface area contributed by atoms with E-state index in [0.29, 0.717) is 5.92 Å². The van der Waals surface area contributed by atoms with Crippen molar-refractivity contribution >= 4 is 12.6 Å². The highest BCUT2D eigenvalue weighted by Gasteiger charge is 1.91. The Hall–Kier alpha value is -0.430. The van der Waals surface area contributed by atoms with Crippen LogP contribution >= 0.6 is 12.6 Å². The smallest absolute Gasteiger partial charge is 0.00369 e. The summed E-state index contributed by atoms with van der Waals surface area (Å²) in [5, 5.41) is 0. The fraction of sp³-hybridized carbons (Fsp3) is 0.250. The van der Waals surface area contributed by atoms with Crippen molar-refractivity contribution in [2.45, 2.75) is 6.92 Å². The lowest BCUT2D eigenvalue weighted by atomic mass is 10.2. The quantitative estimate of drug-likeness (QED) is 0.489. The van der Waals surface area contributed by atoms with Crippen molar-refractivity contribution in [2.75, 3.05) is 0 Å². The summed E-state index contributed by atoms with van der Waals surface area (Å²) in [6.45, 7) is 2.15. The van der Waals surface area contributed by atoms with Gasteiger partial charge in [0.2, 0.25) is 0 Å². The van der Waals surface area contributed by atoms with Gasteiger partial charge in [-0.1, -0.05) is 31.2 Å². The van der Waals surface area contributed by atoms with Crippen LogP contribution in [-0.4, -0.2) is 0 Å². The molecule has 0 nitrogen and oxygen atoms in total. The van der Waals surface area contributed by atoms with Crippen molar-refractivity contribution in [3.8, 4) is 0 Å². The van der Waals surface area contributed by atoms with Crippen molar-refractivity contribution in [2.24, 2.45) is 5.92 Å². The molecule has 1 unspecified atom stereocenters. The molecule has 0 aromatic rings. The van der Waals surface area contributed by atoms with Gasteiger partial charge in [-0.05, 0) is 12.0 Å². The number of hydrogen-bond acceptors (Lipinski definition) is 1. The Morgan fingerprint density at radius 1 is 1.44 bits per heavy atom. The Labute approximate surface area is 61.4 Å². The first-order valence-electron chi connectivity index (χ1n) is 3.04. The zero-order valence-corrected chi connectivity index (χ0v) is 6.31. The summed E-state index contributed by atoms with van der Waals surface area (Å²) in [4.78, 5) is 1.02. The lowest BCUT2D eigenvalue weighted by Gasteiger charge is -1.91. The summed E-state index contributed by atoms with van der Waals surface area (Å²) in [6.07, 6.45) is 10.3. The van der Waals surface area contributed by atoms with E-state index in [0.717, 1.165) is 4.91 Å². The van der Waals surface area contributed by atoms with E-state index in [2.05, 4.69) is 31.7 Å². The van der Waals surface area contributed by atoms with E-state index in [1.54, 1.807) is 0 Å². The molecule has 0 bridgehead atoms. The van der Waals surface area contributed by atoms with Gasteiger partial charge in [-0.15, -0.1) is 12.6 Å². The predicted molar refractivity (Wildman–Crippen MR) is 44.5 cm³/mol. The molecule has 48 valence electrons. The predicted octanol–water partition coefficient (Wildman–Crippen LogP) is 2.56. The first kappa shape index (κ1) is 6.69. The highest BCUT2D eigenvalue weighted by molar-refractivity contribution is 7.84. The van der Waals surface area contributed by atoms with Crippen molar-refractivity contribution in [1.29, 1.82) is 0 Å². The SMILES string of the molecule is CC1C=CC=C(S)C=C1. The van der Waals surface area contributed by atoms with Crippen LogP contribution in [-0.2, 0) is 0 Å². The van der Waals surface area contributed by atoms with Crippen LogP contribution in [0.3, 0.4) is 0 Å². The van der Waals surface area contributed by atoms with Crippen molar-refractivity contribution in [3.63, 3.8) is 0 Å². The maximum absolute atomic E-state index is 4.19. The molecule has 0 heterocycles. The van der Waals surface area contributed by atoms with Crippen molar-refractivity contribution in [1.82, 2.24) is 0 Å². The molecule has 1 rings (SSSR count). The van der Waals surface area contributed by atoms with Gasteiger partial charge in [0.05, 0.1) is 0 Å². The van der Waals surface area contributed by atoms with Gasteiger partial charge >= 0.3 is 0 Å². The Kier molecular flexibility index (Phi) is 2.17. The first-order valence-corrected chi connectivity index (χ1v) is 3.49. The molecule has 1 heteroatoms. The second-order valence-corrected chi connectivity index (χ2v) is 2.71. The normalized spacial score (nSPS) is 25.6. The van der Waals surface area contributed by atoms with E-state index < -0.39 is 0 Å². The lowest BCUT2D eigenvalue weighted by molar-refractivity contribution is 0.942. The van der Waals surface area contributed by atoms with Crippen LogP contribution in [0.1, 0.15) is 6.92 Å². The first-order chi connectivity index (χ1) is 4.29. The van der Waals surface area contributed by atoms with E-state index in [9.17, 15) is 0 Å². The van der Waals surface area contributed by atoms with Gasteiger partial charge in [-0.25, -0.2) is 0 Å². The van der Waals surface area contributed by atoms with E-state index in [4.69, 9.17) is 0 Å². The van der Waals surface area contributed by atoms with Crippen LogP contribution < -0.4 is 0 Å². The molecule has 0 radical (unpaired) electrons. The highest BCUT2D eigenvalue weighted by atomic mass is 32.1. The second-order valence-electron chi connectivity index (χ2n) is 2.19. The van der Waals surface area contributed by atoms with E-state index in [-0.39, 0.29) is 0 Å². The highest BCUT2D eigenvalue weighted by Crippen LogP contribution is 2.10. The molecule has 0 spiro atoms. The fourth-order valence-corrected chi connectivity index (χ4v) is 0.872. The summed E-state index contributed by atoms with van der Waals surface area (Å²) in [6, 6.07) is 0. The largest absolute Gasteiger partial charge is 0.143 e. The lowest BCUT2D eigenvalue weighted by Crippen LogP contribution is -1.77. The monoisotopic (exact) mass is 138 g/mol. The average Bonchev–Trinajstić information content (AvgIpc) is 1.97. The summed E-state index contributed by atoms with van der Waals surface area (Å²) < 4.78 is 0. The molecule has 0 saturated carbocycles. The van der Waals surface area contributed by atoms with Crippen molar-refractivity contribution < 1.29 is 0 Å². The number of rotatable bonds is 0. The zero-order chi connectivity index (χ0) is 6.69. The summed E-state index contributed by atoms with van der Waals surface area (Å²) >= 11 is 4.19. The minimum Gasteiger partial charge on any atom is -0.143 e. The Morgan fingerprint density at radius 2 is 2.22 bits per heavy atom. The molecule has 1 atom stereocenters. The Morgan fingerprint density at radius 3 is 3.00 bits per heavy atom. The van der Waals surface area contributed by atoms with Gasteiger partial charge in [0.25, 0.3) is 0 Å². The summed E-state index contributed by atoms with van der Waals surface area (Å²) in [5.74, 6) is 0.547. The third kappa shape index (κ3) is 2.10. The molecular weight excluding hydrogens is 128 g/mol. The molecule has 0 fully saturated rings. The molecule has 9 heavy (non-hydrogen) atoms. The van der Waals surface area contributed by atoms with E-state index >= 15 is 0 Å². The third-order valence-corrected chi connectivity index (χ3v) is 1.55. The number of hydrogen-bond donors (Lipinski definition) is 1. The van der Waals surface area contributed by atoms with Gasteiger partial charge in [-0.3, -0.25) is 0 Å². The van der Waals surface area contributed by atoms with Gasteiger partial charge in [0, 0.05) is 4.91 Å². The van der Waals surface area contributed by atoms with Gasteiger partial charge in [0.15, 0.2) is 0 Å². The van der Waals surface area contributed by atoms with Crippen molar-refractivity contribution in [3.05, 3.63) is 35.3 Å². The maximum Gasteiger partial charge on any atom is 0.00369 e. The minimum absolute atomic E-state index is 0.547. The molecule has 0 aliphatic heterocycles. The minimum atomic E-state index is 0.547. The number of thiol groups is 1. The molecule has 0 aromatic carbocycles. The molecular formula is C8H10S. The topological polar surface area (TPSA) is 0 Å². The van der Waals surface area contributed by atoms with Gasteiger partial charge in [-0.2, -0.15) is 0 Å². The number of allylic oxidation sites excluding steroid dienone is 5. The van der Waals surface area contributed by atoms with Crippen LogP contribution in [0, 0.1) is 5.92 Å². The molecule has 0 aromatic heterocycles. The molecule has 0 amide bonds. The van der Waals surface area contributed by atoms with E-state index in [1.807, 2.05) is 18.2 Å². The fourth-order valence-electron chi connectivity index (χ4n) is 0.699. The molecule has 0 saturated heterocycles. The van der Waals surface area contributed by atoms with Gasteiger partial charge in [0.1, 0.15) is 0 Å². The van der Waals surface area contributed by atoms with Crippen LogP contribution in [0.25, 0.3) is 0 Å². The third-order valence-electron chi connectivity index (χ3n) is 1.25.